The smallest absolute Gasteiger partial charge is 0.335 e. The van der Waals surface area contributed by atoms with Crippen LogP contribution in [0, 0.1) is 5.92 Å². The number of anilines is 1. The van der Waals surface area contributed by atoms with Crippen molar-refractivity contribution in [2.45, 2.75) is 12.8 Å². The van der Waals surface area contributed by atoms with Gasteiger partial charge < -0.3 is 10.4 Å². The van der Waals surface area contributed by atoms with Gasteiger partial charge in [0.05, 0.1) is 16.3 Å². The van der Waals surface area contributed by atoms with Crippen molar-refractivity contribution >= 4 is 35.0 Å². The number of thioether (sulfide) groups is 1. The highest BCUT2D eigenvalue weighted by Gasteiger charge is 2.14. The van der Waals surface area contributed by atoms with Crippen LogP contribution < -0.4 is 5.32 Å². The molecule has 3 nitrogen and oxygen atoms in total. The summed E-state index contributed by atoms with van der Waals surface area (Å²) in [5.41, 5.74) is 1.04. The lowest BCUT2D eigenvalue weighted by Crippen LogP contribution is -2.19. The van der Waals surface area contributed by atoms with E-state index in [1.807, 2.05) is 11.8 Å². The Morgan fingerprint density at radius 3 is 2.78 bits per heavy atom. The van der Waals surface area contributed by atoms with Crippen molar-refractivity contribution in [1.82, 2.24) is 0 Å². The topological polar surface area (TPSA) is 49.3 Å². The third-order valence-electron chi connectivity index (χ3n) is 3.14. The summed E-state index contributed by atoms with van der Waals surface area (Å²) >= 11 is 8.07. The molecular formula is C13H16ClNO2S. The van der Waals surface area contributed by atoms with Crippen molar-refractivity contribution in [2.75, 3.05) is 23.4 Å². The lowest BCUT2D eigenvalue weighted by molar-refractivity contribution is 0.0697. The Bertz CT molecular complexity index is 433. The monoisotopic (exact) mass is 285 g/mol. The molecule has 1 aliphatic rings. The zero-order valence-corrected chi connectivity index (χ0v) is 11.6. The first kappa shape index (κ1) is 13.6. The van der Waals surface area contributed by atoms with Crippen LogP contribution in [0.3, 0.4) is 0 Å². The van der Waals surface area contributed by atoms with Gasteiger partial charge in [-0.25, -0.2) is 4.79 Å². The molecule has 1 saturated heterocycles. The molecule has 0 bridgehead atoms. The lowest BCUT2D eigenvalue weighted by Gasteiger charge is -2.22. The number of hydrogen-bond acceptors (Lipinski definition) is 3. The van der Waals surface area contributed by atoms with Gasteiger partial charge in [0.25, 0.3) is 0 Å². The van der Waals surface area contributed by atoms with Crippen molar-refractivity contribution in [3.63, 3.8) is 0 Å². The number of carboxylic acid groups (broad SMARTS) is 1. The molecule has 1 aromatic rings. The molecule has 0 radical (unpaired) electrons. The fraction of sp³-hybridized carbons (Fsp3) is 0.462. The molecule has 0 saturated carbocycles. The van der Waals surface area contributed by atoms with Crippen LogP contribution in [0.15, 0.2) is 18.2 Å². The summed E-state index contributed by atoms with van der Waals surface area (Å²) < 4.78 is 0. The SMILES string of the molecule is O=C(O)c1ccc(NCC2CCSCC2)c(Cl)c1. The van der Waals surface area contributed by atoms with Crippen LogP contribution in [0.1, 0.15) is 23.2 Å². The minimum absolute atomic E-state index is 0.222. The van der Waals surface area contributed by atoms with Gasteiger partial charge in [-0.2, -0.15) is 11.8 Å². The van der Waals surface area contributed by atoms with E-state index in [0.29, 0.717) is 10.9 Å². The number of nitrogens with one attached hydrogen (secondary N) is 1. The van der Waals surface area contributed by atoms with Gasteiger partial charge >= 0.3 is 5.97 Å². The highest BCUT2D eigenvalue weighted by Crippen LogP contribution is 2.26. The van der Waals surface area contributed by atoms with Gasteiger partial charge in [-0.3, -0.25) is 0 Å². The summed E-state index contributed by atoms with van der Waals surface area (Å²) in [5.74, 6) is 2.21. The molecule has 0 spiro atoms. The highest BCUT2D eigenvalue weighted by atomic mass is 35.5. The van der Waals surface area contributed by atoms with E-state index in [4.69, 9.17) is 16.7 Å². The van der Waals surface area contributed by atoms with Gasteiger partial charge in [0, 0.05) is 6.54 Å². The predicted molar refractivity (Wildman–Crippen MR) is 77.0 cm³/mol. The fourth-order valence-electron chi connectivity index (χ4n) is 2.00. The second kappa shape index (κ2) is 6.34. The molecule has 2 N–H and O–H groups in total. The van der Waals surface area contributed by atoms with E-state index in [-0.39, 0.29) is 5.56 Å². The number of carboxylic acids is 1. The molecule has 1 aromatic carbocycles. The summed E-state index contributed by atoms with van der Waals surface area (Å²) in [7, 11) is 0. The molecule has 18 heavy (non-hydrogen) atoms. The summed E-state index contributed by atoms with van der Waals surface area (Å²) in [6.07, 6.45) is 2.48. The van der Waals surface area contributed by atoms with Crippen LogP contribution in [-0.2, 0) is 0 Å². The quantitative estimate of drug-likeness (QED) is 0.887. The molecule has 0 atom stereocenters. The minimum atomic E-state index is -0.951. The normalized spacial score (nSPS) is 16.5. The molecule has 1 fully saturated rings. The highest BCUT2D eigenvalue weighted by molar-refractivity contribution is 7.99. The number of aromatic carboxylic acids is 1. The van der Waals surface area contributed by atoms with E-state index in [1.165, 1.54) is 30.4 Å². The second-order valence-electron chi connectivity index (χ2n) is 4.44. The maximum atomic E-state index is 10.8. The van der Waals surface area contributed by atoms with E-state index >= 15 is 0 Å². The Morgan fingerprint density at radius 2 is 2.17 bits per heavy atom. The zero-order valence-electron chi connectivity index (χ0n) is 9.99. The molecule has 0 aliphatic carbocycles. The molecule has 5 heteroatoms. The van der Waals surface area contributed by atoms with Crippen LogP contribution in [0.5, 0.6) is 0 Å². The van der Waals surface area contributed by atoms with Gasteiger partial charge in [-0.1, -0.05) is 11.6 Å². The van der Waals surface area contributed by atoms with E-state index in [9.17, 15) is 4.79 Å². The first-order valence-electron chi connectivity index (χ1n) is 6.01. The maximum absolute atomic E-state index is 10.8. The zero-order chi connectivity index (χ0) is 13.0. The number of carbonyl (C=O) groups is 1. The molecular weight excluding hydrogens is 270 g/mol. The van der Waals surface area contributed by atoms with Crippen molar-refractivity contribution in [2.24, 2.45) is 5.92 Å². The Labute approximate surface area is 116 Å². The van der Waals surface area contributed by atoms with Gasteiger partial charge in [0.2, 0.25) is 0 Å². The number of rotatable bonds is 4. The Hall–Kier alpha value is -0.870. The minimum Gasteiger partial charge on any atom is -0.478 e. The molecule has 0 aromatic heterocycles. The summed E-state index contributed by atoms with van der Waals surface area (Å²) in [6.45, 7) is 0.909. The number of halogens is 1. The number of hydrogen-bond donors (Lipinski definition) is 2. The average Bonchev–Trinajstić information content (AvgIpc) is 2.38. The number of benzene rings is 1. The Kier molecular flexibility index (Phi) is 4.78. The van der Waals surface area contributed by atoms with Gasteiger partial charge in [-0.15, -0.1) is 0 Å². The van der Waals surface area contributed by atoms with E-state index in [2.05, 4.69) is 5.32 Å². The van der Waals surface area contributed by atoms with Crippen molar-refractivity contribution < 1.29 is 9.90 Å². The third kappa shape index (κ3) is 3.56. The van der Waals surface area contributed by atoms with E-state index in [0.717, 1.165) is 12.2 Å². The fourth-order valence-corrected chi connectivity index (χ4v) is 3.45. The summed E-state index contributed by atoms with van der Waals surface area (Å²) in [6, 6.07) is 4.81. The molecule has 1 heterocycles. The van der Waals surface area contributed by atoms with E-state index < -0.39 is 5.97 Å². The summed E-state index contributed by atoms with van der Waals surface area (Å²) in [5, 5.41) is 12.6. The molecule has 0 amide bonds. The van der Waals surface area contributed by atoms with Crippen LogP contribution in [0.2, 0.25) is 5.02 Å². The Morgan fingerprint density at radius 1 is 1.44 bits per heavy atom. The average molecular weight is 286 g/mol. The largest absolute Gasteiger partial charge is 0.478 e. The van der Waals surface area contributed by atoms with Gasteiger partial charge in [0.1, 0.15) is 0 Å². The lowest BCUT2D eigenvalue weighted by atomic mass is 10.0. The standard InChI is InChI=1S/C13H16ClNO2S/c14-11-7-10(13(16)17)1-2-12(11)15-8-9-3-5-18-6-4-9/h1-2,7,9,15H,3-6,8H2,(H,16,17). The van der Waals surface area contributed by atoms with Crippen molar-refractivity contribution in [3.8, 4) is 0 Å². The van der Waals surface area contributed by atoms with Gasteiger partial charge in [0.15, 0.2) is 0 Å². The van der Waals surface area contributed by atoms with Crippen LogP contribution in [0.25, 0.3) is 0 Å². The van der Waals surface area contributed by atoms with Crippen LogP contribution >= 0.6 is 23.4 Å². The third-order valence-corrected chi connectivity index (χ3v) is 4.50. The maximum Gasteiger partial charge on any atom is 0.335 e. The van der Waals surface area contributed by atoms with Gasteiger partial charge in [-0.05, 0) is 48.5 Å². The molecule has 2 rings (SSSR count). The van der Waals surface area contributed by atoms with Crippen LogP contribution in [-0.4, -0.2) is 29.1 Å². The molecule has 0 unspecified atom stereocenters. The summed E-state index contributed by atoms with van der Waals surface area (Å²) in [4.78, 5) is 10.8. The molecule has 98 valence electrons. The first-order valence-corrected chi connectivity index (χ1v) is 7.54. The molecule has 1 aliphatic heterocycles. The predicted octanol–water partition coefficient (Wildman–Crippen LogP) is 3.59. The first-order chi connectivity index (χ1) is 8.66. The Balaban J connectivity index is 1.94. The van der Waals surface area contributed by atoms with E-state index in [1.54, 1.807) is 12.1 Å². The second-order valence-corrected chi connectivity index (χ2v) is 6.07. The van der Waals surface area contributed by atoms with Crippen molar-refractivity contribution in [1.29, 1.82) is 0 Å². The van der Waals surface area contributed by atoms with Crippen LogP contribution in [0.4, 0.5) is 5.69 Å². The van der Waals surface area contributed by atoms with Crippen molar-refractivity contribution in [3.05, 3.63) is 28.8 Å².